The van der Waals surface area contributed by atoms with Crippen molar-refractivity contribution in [1.29, 1.82) is 0 Å². The number of aromatic nitrogens is 2. The van der Waals surface area contributed by atoms with E-state index in [2.05, 4.69) is 21.9 Å². The fourth-order valence-corrected chi connectivity index (χ4v) is 4.18. The predicted molar refractivity (Wildman–Crippen MR) is 140 cm³/mol. The van der Waals surface area contributed by atoms with Gasteiger partial charge < -0.3 is 15.0 Å². The first kappa shape index (κ1) is 27.8. The van der Waals surface area contributed by atoms with Crippen LogP contribution in [0.2, 0.25) is 0 Å². The Morgan fingerprint density at radius 2 is 2.05 bits per heavy atom. The molecule has 1 saturated carbocycles. The Morgan fingerprint density at radius 3 is 2.72 bits per heavy atom. The molecule has 0 bridgehead atoms. The Kier molecular flexibility index (Phi) is 8.60. The van der Waals surface area contributed by atoms with Gasteiger partial charge in [0.15, 0.2) is 12.0 Å². The van der Waals surface area contributed by atoms with Crippen molar-refractivity contribution in [1.82, 2.24) is 14.9 Å². The van der Waals surface area contributed by atoms with Crippen molar-refractivity contribution < 1.29 is 27.5 Å². The second-order valence-corrected chi connectivity index (χ2v) is 9.16. The molecule has 1 fully saturated rings. The first-order valence-electron chi connectivity index (χ1n) is 12.3. The van der Waals surface area contributed by atoms with Crippen LogP contribution in [0.5, 0.6) is 5.75 Å². The Hall–Kier alpha value is -4.25. The molecule has 2 amide bonds. The molecule has 1 aromatic heterocycles. The van der Waals surface area contributed by atoms with Gasteiger partial charge in [-0.05, 0) is 67.2 Å². The maximum atomic E-state index is 14.7. The lowest BCUT2D eigenvalue weighted by atomic mass is 10.0. The third kappa shape index (κ3) is 6.61. The molecular formula is C28H28F3N5O3. The highest BCUT2D eigenvalue weighted by Crippen LogP contribution is 2.40. The topological polar surface area (TPSA) is 110 Å². The highest BCUT2D eigenvalue weighted by atomic mass is 19.1. The van der Waals surface area contributed by atoms with Crippen LogP contribution in [0.3, 0.4) is 0 Å². The quantitative estimate of drug-likeness (QED) is 0.274. The normalized spacial score (nSPS) is 13.5. The summed E-state index contributed by atoms with van der Waals surface area (Å²) >= 11 is 0. The zero-order valence-corrected chi connectivity index (χ0v) is 21.3. The number of ether oxygens (including phenoxy) is 1. The van der Waals surface area contributed by atoms with Gasteiger partial charge in [-0.15, -0.1) is 0 Å². The van der Waals surface area contributed by atoms with E-state index in [-0.39, 0.29) is 41.3 Å². The Morgan fingerprint density at radius 1 is 1.28 bits per heavy atom. The summed E-state index contributed by atoms with van der Waals surface area (Å²) in [6.07, 6.45) is 4.48. The summed E-state index contributed by atoms with van der Waals surface area (Å²) < 4.78 is 48.0. The number of amides is 2. The number of carbonyl (C=O) groups is 2. The lowest BCUT2D eigenvalue weighted by Gasteiger charge is -2.24. The van der Waals surface area contributed by atoms with Crippen LogP contribution in [0.1, 0.15) is 40.2 Å². The van der Waals surface area contributed by atoms with E-state index in [0.717, 1.165) is 35.4 Å². The van der Waals surface area contributed by atoms with E-state index < -0.39 is 36.4 Å². The molecular weight excluding hydrogens is 511 g/mol. The average molecular weight is 540 g/mol. The van der Waals surface area contributed by atoms with Gasteiger partial charge in [0.2, 0.25) is 5.91 Å². The molecule has 0 spiro atoms. The zero-order valence-electron chi connectivity index (χ0n) is 21.3. The summed E-state index contributed by atoms with van der Waals surface area (Å²) in [5, 5.41) is 2.59. The molecule has 0 radical (unpaired) electrons. The minimum atomic E-state index is -1.10. The molecule has 1 aliphatic rings. The SMILES string of the molecule is C=CC(=O)N(CCF)CC(N)Oc1cncnc1-c1cc(F)cc(NC(=O)c2ccc(C3CC3)cc2F)c1C. The van der Waals surface area contributed by atoms with Gasteiger partial charge in [0.25, 0.3) is 5.91 Å². The fraction of sp³-hybridized carbons (Fsp3) is 0.286. The molecule has 1 atom stereocenters. The number of rotatable bonds is 11. The number of benzene rings is 2. The molecule has 2 aromatic carbocycles. The number of hydrogen-bond acceptors (Lipinski definition) is 6. The highest BCUT2D eigenvalue weighted by Gasteiger charge is 2.25. The molecule has 1 heterocycles. The molecule has 1 unspecified atom stereocenters. The Bertz CT molecular complexity index is 1400. The molecule has 3 aromatic rings. The maximum Gasteiger partial charge on any atom is 0.258 e. The summed E-state index contributed by atoms with van der Waals surface area (Å²) in [5.74, 6) is -2.18. The van der Waals surface area contributed by atoms with Crippen molar-refractivity contribution in [2.45, 2.75) is 31.9 Å². The monoisotopic (exact) mass is 539 g/mol. The van der Waals surface area contributed by atoms with Crippen LogP contribution in [0, 0.1) is 18.6 Å². The molecule has 0 aliphatic heterocycles. The number of nitrogens with zero attached hydrogens (tertiary/aromatic N) is 3. The third-order valence-electron chi connectivity index (χ3n) is 6.36. The van der Waals surface area contributed by atoms with E-state index in [4.69, 9.17) is 10.5 Å². The molecule has 8 nitrogen and oxygen atoms in total. The average Bonchev–Trinajstić information content (AvgIpc) is 3.76. The molecule has 3 N–H and O–H groups in total. The van der Waals surface area contributed by atoms with Crippen LogP contribution in [0.25, 0.3) is 11.3 Å². The lowest BCUT2D eigenvalue weighted by Crippen LogP contribution is -2.44. The largest absolute Gasteiger partial charge is 0.470 e. The van der Waals surface area contributed by atoms with E-state index >= 15 is 0 Å². The third-order valence-corrected chi connectivity index (χ3v) is 6.36. The molecule has 39 heavy (non-hydrogen) atoms. The van der Waals surface area contributed by atoms with Crippen molar-refractivity contribution >= 4 is 17.5 Å². The summed E-state index contributed by atoms with van der Waals surface area (Å²) in [5.41, 5.74) is 7.72. The summed E-state index contributed by atoms with van der Waals surface area (Å²) in [4.78, 5) is 34.1. The molecule has 0 saturated heterocycles. The molecule has 4 rings (SSSR count). The van der Waals surface area contributed by atoms with Crippen LogP contribution in [-0.4, -0.2) is 52.7 Å². The predicted octanol–water partition coefficient (Wildman–Crippen LogP) is 4.51. The van der Waals surface area contributed by atoms with Gasteiger partial charge in [0.1, 0.15) is 30.3 Å². The minimum Gasteiger partial charge on any atom is -0.470 e. The number of carbonyl (C=O) groups excluding carboxylic acids is 2. The van der Waals surface area contributed by atoms with Gasteiger partial charge in [-0.3, -0.25) is 15.3 Å². The maximum absolute atomic E-state index is 14.7. The molecule has 11 heteroatoms. The number of halogens is 3. The number of anilines is 1. The van der Waals surface area contributed by atoms with Gasteiger partial charge in [-0.25, -0.2) is 23.1 Å². The van der Waals surface area contributed by atoms with Crippen LogP contribution >= 0.6 is 0 Å². The Labute approximate surface area is 223 Å². The van der Waals surface area contributed by atoms with Crippen molar-refractivity contribution in [3.05, 3.63) is 83.8 Å². The summed E-state index contributed by atoms with van der Waals surface area (Å²) in [6.45, 7) is 3.89. The van der Waals surface area contributed by atoms with E-state index in [1.165, 1.54) is 30.7 Å². The van der Waals surface area contributed by atoms with E-state index in [9.17, 15) is 22.8 Å². The minimum absolute atomic E-state index is 0.0731. The van der Waals surface area contributed by atoms with Crippen LogP contribution in [0.4, 0.5) is 18.9 Å². The van der Waals surface area contributed by atoms with Gasteiger partial charge in [0, 0.05) is 17.8 Å². The number of hydrogen-bond donors (Lipinski definition) is 2. The first-order chi connectivity index (χ1) is 18.7. The van der Waals surface area contributed by atoms with E-state index in [1.807, 2.05) is 0 Å². The van der Waals surface area contributed by atoms with Gasteiger partial charge in [-0.1, -0.05) is 12.6 Å². The lowest BCUT2D eigenvalue weighted by molar-refractivity contribution is -0.127. The summed E-state index contributed by atoms with van der Waals surface area (Å²) in [6, 6.07) is 6.84. The summed E-state index contributed by atoms with van der Waals surface area (Å²) in [7, 11) is 0. The number of nitrogens with two attached hydrogens (primary N) is 1. The molecule has 204 valence electrons. The zero-order chi connectivity index (χ0) is 28.1. The van der Waals surface area contributed by atoms with Crippen molar-refractivity contribution in [3.8, 4) is 17.0 Å². The van der Waals surface area contributed by atoms with E-state index in [1.54, 1.807) is 13.0 Å². The molecule has 1 aliphatic carbocycles. The first-order valence-corrected chi connectivity index (χ1v) is 12.3. The number of nitrogens with one attached hydrogen (secondary N) is 1. The standard InChI is InChI=1S/C28H28F3N5O3/c1-3-26(37)36(9-8-29)14-25(32)39-24-13-33-15-34-27(24)21-11-19(30)12-23(16(21)2)35-28(38)20-7-6-18(10-22(20)31)17-4-5-17/h3,6-7,10-13,15,17,25H,1,4-5,8-9,14,32H2,2H3,(H,35,38). The van der Waals surface area contributed by atoms with Crippen molar-refractivity contribution in [2.75, 3.05) is 25.1 Å². The van der Waals surface area contributed by atoms with Crippen LogP contribution in [-0.2, 0) is 4.79 Å². The Balaban J connectivity index is 1.58. The van der Waals surface area contributed by atoms with E-state index in [0.29, 0.717) is 11.5 Å². The van der Waals surface area contributed by atoms with Crippen LogP contribution < -0.4 is 15.8 Å². The second kappa shape index (κ2) is 12.1. The van der Waals surface area contributed by atoms with Gasteiger partial charge in [0.05, 0.1) is 18.3 Å². The van der Waals surface area contributed by atoms with Gasteiger partial charge in [-0.2, -0.15) is 0 Å². The second-order valence-electron chi connectivity index (χ2n) is 9.16. The van der Waals surface area contributed by atoms with Crippen molar-refractivity contribution in [2.24, 2.45) is 5.73 Å². The number of alkyl halides is 1. The van der Waals surface area contributed by atoms with Gasteiger partial charge >= 0.3 is 0 Å². The highest BCUT2D eigenvalue weighted by molar-refractivity contribution is 6.05. The smallest absolute Gasteiger partial charge is 0.258 e. The van der Waals surface area contributed by atoms with Crippen LogP contribution in [0.15, 0.2) is 55.5 Å². The fourth-order valence-electron chi connectivity index (χ4n) is 4.18. The van der Waals surface area contributed by atoms with Crippen molar-refractivity contribution in [3.63, 3.8) is 0 Å².